The molecule has 0 atom stereocenters. The fourth-order valence-corrected chi connectivity index (χ4v) is 3.04. The van der Waals surface area contributed by atoms with E-state index in [0.29, 0.717) is 23.8 Å². The summed E-state index contributed by atoms with van der Waals surface area (Å²) in [4.78, 5) is 12.4. The molecule has 8 heteroatoms. The number of nitrogens with one attached hydrogen (secondary N) is 1. The Morgan fingerprint density at radius 1 is 1.07 bits per heavy atom. The number of carbonyl (C=O) groups excluding carboxylic acids is 1. The maximum absolute atomic E-state index is 12.4. The van der Waals surface area contributed by atoms with Gasteiger partial charge in [-0.2, -0.15) is 5.10 Å². The molecule has 0 fully saturated rings. The van der Waals surface area contributed by atoms with Gasteiger partial charge in [0.05, 0.1) is 23.5 Å². The number of para-hydroxylation sites is 1. The smallest absolute Gasteiger partial charge is 0.273 e. The van der Waals surface area contributed by atoms with Crippen LogP contribution in [-0.2, 0) is 13.1 Å². The van der Waals surface area contributed by atoms with Crippen LogP contribution in [0, 0.1) is 0 Å². The Labute approximate surface area is 166 Å². The van der Waals surface area contributed by atoms with Crippen molar-refractivity contribution in [2.24, 2.45) is 0 Å². The lowest BCUT2D eigenvalue weighted by molar-refractivity contribution is 0.0946. The van der Waals surface area contributed by atoms with Crippen LogP contribution in [0.1, 0.15) is 21.6 Å². The lowest BCUT2D eigenvalue weighted by Gasteiger charge is -2.07. The molecule has 0 saturated carbocycles. The highest BCUT2D eigenvalue weighted by Gasteiger charge is 2.12. The zero-order chi connectivity index (χ0) is 19.3. The van der Waals surface area contributed by atoms with Crippen molar-refractivity contribution in [3.63, 3.8) is 0 Å². The largest absolute Gasteiger partial charge is 0.347 e. The number of nitrogens with zero attached hydrogens (tertiary/aromatic N) is 5. The van der Waals surface area contributed by atoms with Crippen LogP contribution in [0.4, 0.5) is 0 Å². The van der Waals surface area contributed by atoms with Gasteiger partial charge >= 0.3 is 0 Å². The molecule has 0 radical (unpaired) electrons. The maximum Gasteiger partial charge on any atom is 0.273 e. The fourth-order valence-electron chi connectivity index (χ4n) is 2.82. The first-order valence-electron chi connectivity index (χ1n) is 8.70. The third-order valence-electron chi connectivity index (χ3n) is 4.17. The molecule has 140 valence electrons. The third-order valence-corrected chi connectivity index (χ3v) is 4.49. The highest BCUT2D eigenvalue weighted by atomic mass is 35.5. The van der Waals surface area contributed by atoms with E-state index in [4.69, 9.17) is 11.6 Å². The van der Waals surface area contributed by atoms with Crippen molar-refractivity contribution in [2.75, 3.05) is 0 Å². The normalized spacial score (nSPS) is 10.8. The van der Waals surface area contributed by atoms with Crippen LogP contribution in [-0.4, -0.2) is 30.7 Å². The topological polar surface area (TPSA) is 77.6 Å². The summed E-state index contributed by atoms with van der Waals surface area (Å²) < 4.78 is 3.34. The fraction of sp³-hybridized carbons (Fsp3) is 0.100. The van der Waals surface area contributed by atoms with E-state index in [1.54, 1.807) is 18.5 Å². The van der Waals surface area contributed by atoms with Crippen molar-refractivity contribution in [2.45, 2.75) is 13.1 Å². The number of aromatic nitrogens is 5. The van der Waals surface area contributed by atoms with Gasteiger partial charge in [-0.15, -0.1) is 5.10 Å². The molecule has 28 heavy (non-hydrogen) atoms. The number of halogens is 1. The van der Waals surface area contributed by atoms with Crippen LogP contribution < -0.4 is 5.32 Å². The Bertz CT molecular complexity index is 1090. The van der Waals surface area contributed by atoms with E-state index < -0.39 is 0 Å². The number of carbonyl (C=O) groups is 1. The predicted molar refractivity (Wildman–Crippen MR) is 105 cm³/mol. The number of hydrogen-bond acceptors (Lipinski definition) is 4. The van der Waals surface area contributed by atoms with Gasteiger partial charge in [0, 0.05) is 18.9 Å². The molecule has 2 aromatic carbocycles. The molecule has 0 bridgehead atoms. The van der Waals surface area contributed by atoms with Gasteiger partial charge in [0.2, 0.25) is 0 Å². The van der Waals surface area contributed by atoms with Crippen LogP contribution in [0.3, 0.4) is 0 Å². The molecular weight excluding hydrogens is 376 g/mol. The Hall–Kier alpha value is -3.45. The highest BCUT2D eigenvalue weighted by Crippen LogP contribution is 2.18. The molecule has 0 spiro atoms. The van der Waals surface area contributed by atoms with Crippen molar-refractivity contribution in [1.82, 2.24) is 30.1 Å². The van der Waals surface area contributed by atoms with E-state index in [2.05, 4.69) is 20.7 Å². The average Bonchev–Trinajstić information content (AvgIpc) is 3.39. The highest BCUT2D eigenvalue weighted by molar-refractivity contribution is 6.32. The van der Waals surface area contributed by atoms with E-state index >= 15 is 0 Å². The zero-order valence-electron chi connectivity index (χ0n) is 14.9. The summed E-state index contributed by atoms with van der Waals surface area (Å²) in [6.45, 7) is 1.08. The molecule has 0 saturated heterocycles. The SMILES string of the molecule is O=C(NCc1cccc(Cn2cccn2)c1)c1cn(-c2ccccc2Cl)nn1. The van der Waals surface area contributed by atoms with Gasteiger partial charge in [-0.1, -0.05) is 53.2 Å². The summed E-state index contributed by atoms with van der Waals surface area (Å²) in [6, 6.07) is 17.1. The molecule has 7 nitrogen and oxygen atoms in total. The minimum atomic E-state index is -0.296. The molecule has 0 unspecified atom stereocenters. The molecule has 2 aromatic heterocycles. The number of rotatable bonds is 6. The van der Waals surface area contributed by atoms with E-state index in [0.717, 1.165) is 11.1 Å². The van der Waals surface area contributed by atoms with Gasteiger partial charge in [0.25, 0.3) is 5.91 Å². The van der Waals surface area contributed by atoms with Gasteiger partial charge in [-0.3, -0.25) is 9.48 Å². The summed E-state index contributed by atoms with van der Waals surface area (Å²) in [6.07, 6.45) is 5.22. The zero-order valence-corrected chi connectivity index (χ0v) is 15.6. The van der Waals surface area contributed by atoms with Crippen molar-refractivity contribution in [1.29, 1.82) is 0 Å². The maximum atomic E-state index is 12.4. The Morgan fingerprint density at radius 2 is 1.93 bits per heavy atom. The molecule has 2 heterocycles. The minimum absolute atomic E-state index is 0.229. The molecule has 4 rings (SSSR count). The Balaban J connectivity index is 1.40. The lowest BCUT2D eigenvalue weighted by Crippen LogP contribution is -2.23. The Kier molecular flexibility index (Phi) is 5.16. The second-order valence-electron chi connectivity index (χ2n) is 6.21. The van der Waals surface area contributed by atoms with E-state index in [1.165, 1.54) is 4.68 Å². The summed E-state index contributed by atoms with van der Waals surface area (Å²) in [5.74, 6) is -0.296. The van der Waals surface area contributed by atoms with E-state index in [9.17, 15) is 4.79 Å². The van der Waals surface area contributed by atoms with Gasteiger partial charge in [0.15, 0.2) is 5.69 Å². The second kappa shape index (κ2) is 8.06. The third kappa shape index (κ3) is 4.10. The number of benzene rings is 2. The first kappa shape index (κ1) is 17.9. The van der Waals surface area contributed by atoms with Crippen molar-refractivity contribution in [3.8, 4) is 5.69 Å². The summed E-state index contributed by atoms with van der Waals surface area (Å²) in [5.41, 5.74) is 3.01. The predicted octanol–water partition coefficient (Wildman–Crippen LogP) is 3.10. The molecule has 1 amide bonds. The number of hydrogen-bond donors (Lipinski definition) is 1. The summed E-state index contributed by atoms with van der Waals surface area (Å²) >= 11 is 6.16. The summed E-state index contributed by atoms with van der Waals surface area (Å²) in [5, 5.41) is 15.5. The van der Waals surface area contributed by atoms with Crippen LogP contribution in [0.5, 0.6) is 0 Å². The van der Waals surface area contributed by atoms with Gasteiger partial charge in [-0.05, 0) is 29.3 Å². The second-order valence-corrected chi connectivity index (χ2v) is 6.61. The van der Waals surface area contributed by atoms with Crippen molar-refractivity contribution in [3.05, 3.63) is 95.0 Å². The van der Waals surface area contributed by atoms with Crippen LogP contribution >= 0.6 is 11.6 Å². The molecular formula is C20H17ClN6O. The minimum Gasteiger partial charge on any atom is -0.347 e. The average molecular weight is 393 g/mol. The van der Waals surface area contributed by atoms with Gasteiger partial charge in [0.1, 0.15) is 0 Å². The first-order chi connectivity index (χ1) is 13.7. The molecule has 1 N–H and O–H groups in total. The van der Waals surface area contributed by atoms with Crippen LogP contribution in [0.15, 0.2) is 73.2 Å². The monoisotopic (exact) mass is 392 g/mol. The van der Waals surface area contributed by atoms with E-state index in [1.807, 2.05) is 59.4 Å². The molecule has 0 aliphatic rings. The van der Waals surface area contributed by atoms with Gasteiger partial charge < -0.3 is 5.32 Å². The standard InChI is InChI=1S/C20H17ClN6O/c21-17-7-1-2-8-19(17)27-14-18(24-25-27)20(28)22-12-15-5-3-6-16(11-15)13-26-10-4-9-23-26/h1-11,14H,12-13H2,(H,22,28). The Morgan fingerprint density at radius 3 is 2.75 bits per heavy atom. The quantitative estimate of drug-likeness (QED) is 0.547. The molecule has 0 aliphatic heterocycles. The molecule has 0 aliphatic carbocycles. The summed E-state index contributed by atoms with van der Waals surface area (Å²) in [7, 11) is 0. The first-order valence-corrected chi connectivity index (χ1v) is 9.07. The number of amides is 1. The van der Waals surface area contributed by atoms with E-state index in [-0.39, 0.29) is 11.6 Å². The lowest BCUT2D eigenvalue weighted by atomic mass is 10.1. The van der Waals surface area contributed by atoms with Crippen LogP contribution in [0.25, 0.3) is 5.69 Å². The van der Waals surface area contributed by atoms with Gasteiger partial charge in [-0.25, -0.2) is 4.68 Å². The van der Waals surface area contributed by atoms with Crippen molar-refractivity contribution >= 4 is 17.5 Å². The van der Waals surface area contributed by atoms with Crippen LogP contribution in [0.2, 0.25) is 5.02 Å². The molecule has 4 aromatic rings. The van der Waals surface area contributed by atoms with Crippen molar-refractivity contribution < 1.29 is 4.79 Å².